The minimum absolute atomic E-state index is 0.00386. The molecule has 2 amide bonds. The van der Waals surface area contributed by atoms with Crippen molar-refractivity contribution in [1.82, 2.24) is 19.6 Å². The summed E-state index contributed by atoms with van der Waals surface area (Å²) in [5, 5.41) is 13.7. The number of nitriles is 1. The Morgan fingerprint density at radius 3 is 2.38 bits per heavy atom. The van der Waals surface area contributed by atoms with Gasteiger partial charge in [-0.1, -0.05) is 0 Å². The van der Waals surface area contributed by atoms with E-state index in [2.05, 4.69) is 30.0 Å². The van der Waals surface area contributed by atoms with Crippen molar-refractivity contribution >= 4 is 34.6 Å². The van der Waals surface area contributed by atoms with Crippen molar-refractivity contribution in [1.29, 1.82) is 5.26 Å². The number of rotatable bonds is 6. The maximum absolute atomic E-state index is 15.0. The lowest BCUT2D eigenvalue weighted by molar-refractivity contribution is -0.117. The maximum Gasteiger partial charge on any atom is 0.414 e. The van der Waals surface area contributed by atoms with Crippen LogP contribution in [0.4, 0.5) is 28.2 Å². The Morgan fingerprint density at radius 1 is 1.19 bits per heavy atom. The van der Waals surface area contributed by atoms with Crippen LogP contribution >= 0.6 is 0 Å². The summed E-state index contributed by atoms with van der Waals surface area (Å²) in [7, 11) is -2.03. The van der Waals surface area contributed by atoms with E-state index in [0.717, 1.165) is 13.1 Å². The molecule has 0 radical (unpaired) electrons. The quantitative estimate of drug-likeness (QED) is 0.190. The standard InChI is InChI=1S/C25H30F4N8O4S/c1-14-10-15(11-30)12-31-18(14)20(38)34-17-9-8-16(26)19(33-17)24(5,6)36-21(35-22(39)41-23(2,3)4)37(7)42(40)32-13-25(27,28)29/h8-10,12,42H,13H2,1-7H3,(H,33,34,38)(H,35,36,39). The van der Waals surface area contributed by atoms with Crippen molar-refractivity contribution in [2.24, 2.45) is 9.36 Å². The molecule has 0 aromatic carbocycles. The Hall–Kier alpha value is -4.33. The summed E-state index contributed by atoms with van der Waals surface area (Å²) >= 11 is 0. The molecule has 0 aliphatic carbocycles. The van der Waals surface area contributed by atoms with E-state index in [-0.39, 0.29) is 22.8 Å². The Labute approximate surface area is 241 Å². The van der Waals surface area contributed by atoms with Crippen LogP contribution in [0.1, 0.15) is 61.9 Å². The fourth-order valence-electron chi connectivity index (χ4n) is 3.20. The number of pyridine rings is 2. The van der Waals surface area contributed by atoms with Crippen LogP contribution in [-0.2, 0) is 21.1 Å². The zero-order valence-electron chi connectivity index (χ0n) is 23.8. The SMILES string of the molecule is Cc1cc(C#N)cnc1C(=O)Nc1ccc(F)c(C(C)(C)/N=C(/NC(=O)OC(C)(C)C)N(C)/[SH](=O)=N/CC(F)(F)F)n1. The van der Waals surface area contributed by atoms with Crippen molar-refractivity contribution in [3.05, 3.63) is 52.7 Å². The number of nitrogens with one attached hydrogen (secondary N) is 2. The van der Waals surface area contributed by atoms with Gasteiger partial charge in [0.15, 0.2) is 0 Å². The Morgan fingerprint density at radius 2 is 1.83 bits per heavy atom. The molecule has 2 aromatic heterocycles. The molecule has 2 aromatic rings. The predicted octanol–water partition coefficient (Wildman–Crippen LogP) is 4.24. The average molecular weight is 615 g/mol. The molecule has 12 nitrogen and oxygen atoms in total. The van der Waals surface area contributed by atoms with Gasteiger partial charge in [-0.2, -0.15) is 18.4 Å². The molecule has 2 N–H and O–H groups in total. The lowest BCUT2D eigenvalue weighted by Crippen LogP contribution is -2.45. The van der Waals surface area contributed by atoms with Gasteiger partial charge < -0.3 is 10.1 Å². The number of carbonyl (C=O) groups excluding carboxylic acids is 2. The molecule has 0 bridgehead atoms. The van der Waals surface area contributed by atoms with Crippen LogP contribution in [0.15, 0.2) is 33.8 Å². The van der Waals surface area contributed by atoms with Gasteiger partial charge in [-0.3, -0.25) is 14.4 Å². The van der Waals surface area contributed by atoms with Gasteiger partial charge in [0.1, 0.15) is 57.6 Å². The minimum atomic E-state index is -4.73. The first kappa shape index (κ1) is 33.9. The molecule has 1 atom stereocenters. The highest BCUT2D eigenvalue weighted by atomic mass is 32.2. The summed E-state index contributed by atoms with van der Waals surface area (Å²) < 4.78 is 74.4. The number of alkyl carbamates (subject to hydrolysis) is 1. The molecule has 0 saturated carbocycles. The van der Waals surface area contributed by atoms with Crippen molar-refractivity contribution in [2.75, 3.05) is 18.9 Å². The van der Waals surface area contributed by atoms with E-state index in [1.807, 2.05) is 6.07 Å². The second-order valence-corrected chi connectivity index (χ2v) is 11.7. The second-order valence-electron chi connectivity index (χ2n) is 10.3. The van der Waals surface area contributed by atoms with Crippen molar-refractivity contribution in [2.45, 2.75) is 58.9 Å². The second kappa shape index (κ2) is 13.1. The van der Waals surface area contributed by atoms with E-state index in [4.69, 9.17) is 10.00 Å². The Balaban J connectivity index is 2.50. The summed E-state index contributed by atoms with van der Waals surface area (Å²) in [5.41, 5.74) is -2.33. The fraction of sp³-hybridized carbons (Fsp3) is 0.440. The number of carbonyl (C=O) groups is 2. The molecular weight excluding hydrogens is 584 g/mol. The minimum Gasteiger partial charge on any atom is -0.444 e. The van der Waals surface area contributed by atoms with E-state index in [1.165, 1.54) is 32.2 Å². The number of halogens is 4. The molecular formula is C25H30F4N8O4S. The number of nitrogens with zero attached hydrogens (tertiary/aromatic N) is 6. The fourth-order valence-corrected chi connectivity index (χ4v) is 3.93. The number of thiol groups is 1. The monoisotopic (exact) mass is 614 g/mol. The van der Waals surface area contributed by atoms with Crippen LogP contribution in [0.2, 0.25) is 0 Å². The number of aryl methyl sites for hydroxylation is 1. The van der Waals surface area contributed by atoms with Crippen molar-refractivity contribution < 1.29 is 36.1 Å². The van der Waals surface area contributed by atoms with Gasteiger partial charge >= 0.3 is 12.3 Å². The number of anilines is 1. The first-order valence-corrected chi connectivity index (χ1v) is 13.3. The summed E-state index contributed by atoms with van der Waals surface area (Å²) in [6, 6.07) is 5.54. The lowest BCUT2D eigenvalue weighted by Gasteiger charge is -2.26. The molecule has 0 saturated heterocycles. The van der Waals surface area contributed by atoms with Crippen LogP contribution < -0.4 is 10.6 Å². The van der Waals surface area contributed by atoms with Gasteiger partial charge in [0, 0.05) is 13.2 Å². The predicted molar refractivity (Wildman–Crippen MR) is 146 cm³/mol. The zero-order chi connectivity index (χ0) is 32.0. The average Bonchev–Trinajstić information content (AvgIpc) is 2.85. The number of aliphatic imine (C=N–C) groups is 1. The van der Waals surface area contributed by atoms with Gasteiger partial charge in [0.2, 0.25) is 5.96 Å². The molecule has 2 heterocycles. The number of amides is 2. The molecule has 228 valence electrons. The van der Waals surface area contributed by atoms with E-state index < -0.39 is 58.4 Å². The van der Waals surface area contributed by atoms with Gasteiger partial charge in [0.25, 0.3) is 5.91 Å². The highest BCUT2D eigenvalue weighted by Crippen LogP contribution is 2.28. The van der Waals surface area contributed by atoms with E-state index in [9.17, 15) is 27.0 Å². The number of hydrogen-bond acceptors (Lipinski definition) is 9. The Kier molecular flexibility index (Phi) is 10.6. The van der Waals surface area contributed by atoms with E-state index in [0.29, 0.717) is 9.87 Å². The first-order chi connectivity index (χ1) is 19.2. The van der Waals surface area contributed by atoms with E-state index >= 15 is 4.39 Å². The smallest absolute Gasteiger partial charge is 0.414 e. The zero-order valence-corrected chi connectivity index (χ0v) is 24.7. The van der Waals surface area contributed by atoms with Gasteiger partial charge in [-0.25, -0.2) is 32.7 Å². The number of alkyl halides is 3. The van der Waals surface area contributed by atoms with Crippen LogP contribution in [0.25, 0.3) is 0 Å². The molecule has 0 fully saturated rings. The largest absolute Gasteiger partial charge is 0.444 e. The number of ether oxygens (including phenoxy) is 1. The van der Waals surface area contributed by atoms with Gasteiger partial charge in [-0.15, -0.1) is 0 Å². The molecule has 2 rings (SSSR count). The topological polar surface area (TPSA) is 162 Å². The molecule has 0 aliphatic heterocycles. The number of aromatic nitrogens is 2. The van der Waals surface area contributed by atoms with Gasteiger partial charge in [0.05, 0.1) is 5.56 Å². The van der Waals surface area contributed by atoms with Crippen molar-refractivity contribution in [3.8, 4) is 6.07 Å². The maximum atomic E-state index is 15.0. The summed E-state index contributed by atoms with van der Waals surface area (Å²) in [5.74, 6) is -2.22. The van der Waals surface area contributed by atoms with Crippen LogP contribution in [0.5, 0.6) is 0 Å². The third-order valence-corrected chi connectivity index (χ3v) is 6.11. The lowest BCUT2D eigenvalue weighted by atomic mass is 10.0. The van der Waals surface area contributed by atoms with Crippen LogP contribution in [0.3, 0.4) is 0 Å². The summed E-state index contributed by atoms with van der Waals surface area (Å²) in [6.07, 6.45) is -4.60. The molecule has 0 spiro atoms. The molecule has 42 heavy (non-hydrogen) atoms. The normalized spacial score (nSPS) is 13.2. The number of guanidine groups is 1. The van der Waals surface area contributed by atoms with Crippen molar-refractivity contribution in [3.63, 3.8) is 0 Å². The first-order valence-electron chi connectivity index (χ1n) is 12.1. The highest BCUT2D eigenvalue weighted by molar-refractivity contribution is 7.73. The van der Waals surface area contributed by atoms with Crippen LogP contribution in [-0.4, -0.2) is 61.8 Å². The third kappa shape index (κ3) is 9.94. The van der Waals surface area contributed by atoms with Gasteiger partial charge in [-0.05, 0) is 65.3 Å². The highest BCUT2D eigenvalue weighted by Gasteiger charge is 2.30. The summed E-state index contributed by atoms with van der Waals surface area (Å²) in [6.45, 7) is 7.26. The number of hydrogen-bond donors (Lipinski definition) is 3. The molecule has 1 unspecified atom stereocenters. The summed E-state index contributed by atoms with van der Waals surface area (Å²) in [4.78, 5) is 37.6. The third-order valence-electron chi connectivity index (χ3n) is 5.02. The molecule has 0 aliphatic rings. The molecule has 17 heteroatoms. The van der Waals surface area contributed by atoms with E-state index in [1.54, 1.807) is 27.7 Å². The Bertz CT molecular complexity index is 1510. The van der Waals surface area contributed by atoms with Crippen LogP contribution in [0, 0.1) is 24.1 Å².